The van der Waals surface area contributed by atoms with E-state index < -0.39 is 0 Å². The number of nitrogens with two attached hydrogens (primary N) is 1. The van der Waals surface area contributed by atoms with E-state index in [0.29, 0.717) is 6.54 Å². The lowest BCUT2D eigenvalue weighted by Crippen LogP contribution is -2.04. The largest absolute Gasteiger partial charge is 0.330 e. The van der Waals surface area contributed by atoms with E-state index in [2.05, 4.69) is 41.2 Å². The molecular formula is C16H21N3. The Morgan fingerprint density at radius 2 is 1.84 bits per heavy atom. The van der Waals surface area contributed by atoms with Crippen LogP contribution in [0.15, 0.2) is 30.3 Å². The summed E-state index contributed by atoms with van der Waals surface area (Å²) in [6.45, 7) is 4.85. The highest BCUT2D eigenvalue weighted by atomic mass is 14.9. The number of aromatic nitrogens is 2. The van der Waals surface area contributed by atoms with Crippen LogP contribution < -0.4 is 5.73 Å². The second kappa shape index (κ2) is 6.43. The molecule has 0 amide bonds. The van der Waals surface area contributed by atoms with Gasteiger partial charge in [0.25, 0.3) is 0 Å². The van der Waals surface area contributed by atoms with Gasteiger partial charge in [-0.05, 0) is 37.9 Å². The average Bonchev–Trinajstić information content (AvgIpc) is 2.44. The Balaban J connectivity index is 2.29. The molecule has 0 radical (unpaired) electrons. The van der Waals surface area contributed by atoms with Crippen LogP contribution in [0.2, 0.25) is 0 Å². The molecule has 0 aliphatic rings. The minimum Gasteiger partial charge on any atom is -0.330 e. The summed E-state index contributed by atoms with van der Waals surface area (Å²) in [4.78, 5) is 9.09. The molecule has 0 aliphatic heterocycles. The van der Waals surface area contributed by atoms with Gasteiger partial charge in [-0.15, -0.1) is 0 Å². The van der Waals surface area contributed by atoms with E-state index in [0.717, 1.165) is 42.0 Å². The van der Waals surface area contributed by atoms with Gasteiger partial charge in [0.2, 0.25) is 0 Å². The second-order valence-electron chi connectivity index (χ2n) is 4.75. The zero-order valence-corrected chi connectivity index (χ0v) is 11.7. The lowest BCUT2D eigenvalue weighted by Gasteiger charge is -2.06. The lowest BCUT2D eigenvalue weighted by molar-refractivity contribution is 0.777. The van der Waals surface area contributed by atoms with Gasteiger partial charge in [0.15, 0.2) is 0 Å². The van der Waals surface area contributed by atoms with Crippen LogP contribution in [-0.2, 0) is 12.8 Å². The molecule has 0 aliphatic carbocycles. The molecule has 0 atom stereocenters. The van der Waals surface area contributed by atoms with Crippen molar-refractivity contribution >= 4 is 0 Å². The Morgan fingerprint density at radius 1 is 1.11 bits per heavy atom. The number of nitrogens with zero attached hydrogens (tertiary/aromatic N) is 2. The average molecular weight is 255 g/mol. The standard InChI is InChI=1S/C16H21N3/c1-3-13-6-8-14(9-7-13)15-11-12(2)18-16(19-15)5-4-10-17/h6-9,11H,3-5,10,17H2,1-2H3. The van der Waals surface area contributed by atoms with Crippen molar-refractivity contribution in [2.24, 2.45) is 5.73 Å². The molecule has 1 aromatic heterocycles. The maximum atomic E-state index is 5.54. The summed E-state index contributed by atoms with van der Waals surface area (Å²) in [6.07, 6.45) is 2.83. The third-order valence-corrected chi connectivity index (χ3v) is 3.16. The predicted molar refractivity (Wildman–Crippen MR) is 79.0 cm³/mol. The van der Waals surface area contributed by atoms with Crippen LogP contribution >= 0.6 is 0 Å². The highest BCUT2D eigenvalue weighted by molar-refractivity contribution is 5.59. The zero-order valence-electron chi connectivity index (χ0n) is 11.7. The molecule has 0 saturated carbocycles. The maximum absolute atomic E-state index is 5.54. The molecule has 0 bridgehead atoms. The van der Waals surface area contributed by atoms with E-state index in [-0.39, 0.29) is 0 Å². The molecule has 2 rings (SSSR count). The number of rotatable bonds is 5. The van der Waals surface area contributed by atoms with Crippen molar-refractivity contribution in [3.63, 3.8) is 0 Å². The molecule has 100 valence electrons. The van der Waals surface area contributed by atoms with E-state index in [1.807, 2.05) is 13.0 Å². The van der Waals surface area contributed by atoms with E-state index in [4.69, 9.17) is 5.73 Å². The molecule has 19 heavy (non-hydrogen) atoms. The van der Waals surface area contributed by atoms with Crippen LogP contribution in [0.25, 0.3) is 11.3 Å². The molecule has 1 heterocycles. The van der Waals surface area contributed by atoms with Crippen molar-refractivity contribution in [3.8, 4) is 11.3 Å². The normalized spacial score (nSPS) is 10.7. The van der Waals surface area contributed by atoms with Crippen molar-refractivity contribution in [2.45, 2.75) is 33.1 Å². The van der Waals surface area contributed by atoms with Crippen LogP contribution in [0, 0.1) is 6.92 Å². The quantitative estimate of drug-likeness (QED) is 0.893. The van der Waals surface area contributed by atoms with E-state index in [1.54, 1.807) is 0 Å². The summed E-state index contributed by atoms with van der Waals surface area (Å²) in [7, 11) is 0. The van der Waals surface area contributed by atoms with Gasteiger partial charge < -0.3 is 5.73 Å². The summed E-state index contributed by atoms with van der Waals surface area (Å²) in [6, 6.07) is 10.6. The first kappa shape index (κ1) is 13.7. The van der Waals surface area contributed by atoms with Gasteiger partial charge in [-0.3, -0.25) is 0 Å². The first-order valence-electron chi connectivity index (χ1n) is 6.87. The molecule has 1 aromatic carbocycles. The highest BCUT2D eigenvalue weighted by Gasteiger charge is 2.04. The summed E-state index contributed by atoms with van der Waals surface area (Å²) in [5, 5.41) is 0. The Hall–Kier alpha value is -1.74. The Bertz CT molecular complexity index is 532. The van der Waals surface area contributed by atoms with Gasteiger partial charge >= 0.3 is 0 Å². The third-order valence-electron chi connectivity index (χ3n) is 3.16. The molecule has 3 heteroatoms. The van der Waals surface area contributed by atoms with Gasteiger partial charge in [-0.2, -0.15) is 0 Å². The fourth-order valence-corrected chi connectivity index (χ4v) is 2.06. The zero-order chi connectivity index (χ0) is 13.7. The molecule has 0 unspecified atom stereocenters. The van der Waals surface area contributed by atoms with Crippen LogP contribution in [0.4, 0.5) is 0 Å². The van der Waals surface area contributed by atoms with Crippen molar-refractivity contribution in [2.75, 3.05) is 6.54 Å². The number of hydrogen-bond acceptors (Lipinski definition) is 3. The molecule has 0 saturated heterocycles. The third kappa shape index (κ3) is 3.61. The predicted octanol–water partition coefficient (Wildman–Crippen LogP) is 2.91. The topological polar surface area (TPSA) is 51.8 Å². The van der Waals surface area contributed by atoms with Crippen molar-refractivity contribution < 1.29 is 0 Å². The summed E-state index contributed by atoms with van der Waals surface area (Å²) in [5.74, 6) is 0.889. The molecular weight excluding hydrogens is 234 g/mol. The lowest BCUT2D eigenvalue weighted by atomic mass is 10.1. The monoisotopic (exact) mass is 255 g/mol. The number of benzene rings is 1. The first-order valence-corrected chi connectivity index (χ1v) is 6.87. The van der Waals surface area contributed by atoms with Gasteiger partial charge in [-0.1, -0.05) is 31.2 Å². The van der Waals surface area contributed by atoms with Gasteiger partial charge in [0, 0.05) is 17.7 Å². The Morgan fingerprint density at radius 3 is 2.47 bits per heavy atom. The molecule has 0 spiro atoms. The number of hydrogen-bond donors (Lipinski definition) is 1. The van der Waals surface area contributed by atoms with E-state index >= 15 is 0 Å². The fraction of sp³-hybridized carbons (Fsp3) is 0.375. The first-order chi connectivity index (χ1) is 9.22. The number of aryl methyl sites for hydroxylation is 3. The van der Waals surface area contributed by atoms with Crippen LogP contribution in [-0.4, -0.2) is 16.5 Å². The Labute approximate surface area is 114 Å². The fourth-order valence-electron chi connectivity index (χ4n) is 2.06. The van der Waals surface area contributed by atoms with Crippen LogP contribution in [0.1, 0.15) is 30.4 Å². The summed E-state index contributed by atoms with van der Waals surface area (Å²) in [5.41, 5.74) is 10.0. The van der Waals surface area contributed by atoms with E-state index in [1.165, 1.54) is 5.56 Å². The second-order valence-corrected chi connectivity index (χ2v) is 4.75. The highest BCUT2D eigenvalue weighted by Crippen LogP contribution is 2.19. The molecule has 3 nitrogen and oxygen atoms in total. The smallest absolute Gasteiger partial charge is 0.129 e. The van der Waals surface area contributed by atoms with Crippen LogP contribution in [0.5, 0.6) is 0 Å². The minimum atomic E-state index is 0.678. The maximum Gasteiger partial charge on any atom is 0.129 e. The van der Waals surface area contributed by atoms with Crippen LogP contribution in [0.3, 0.4) is 0 Å². The summed E-state index contributed by atoms with van der Waals surface area (Å²) < 4.78 is 0. The van der Waals surface area contributed by atoms with E-state index in [9.17, 15) is 0 Å². The molecule has 2 aromatic rings. The van der Waals surface area contributed by atoms with Crippen molar-refractivity contribution in [1.82, 2.24) is 9.97 Å². The molecule has 2 N–H and O–H groups in total. The minimum absolute atomic E-state index is 0.678. The summed E-state index contributed by atoms with van der Waals surface area (Å²) >= 11 is 0. The van der Waals surface area contributed by atoms with Gasteiger partial charge in [-0.25, -0.2) is 9.97 Å². The van der Waals surface area contributed by atoms with Crippen molar-refractivity contribution in [1.29, 1.82) is 0 Å². The van der Waals surface area contributed by atoms with Gasteiger partial charge in [0.1, 0.15) is 5.82 Å². The SMILES string of the molecule is CCc1ccc(-c2cc(C)nc(CCCN)n2)cc1. The molecule has 0 fully saturated rings. The van der Waals surface area contributed by atoms with Gasteiger partial charge in [0.05, 0.1) is 5.69 Å². The van der Waals surface area contributed by atoms with Crippen molar-refractivity contribution in [3.05, 3.63) is 47.4 Å². The Kier molecular flexibility index (Phi) is 4.63.